The first-order valence-corrected chi connectivity index (χ1v) is 6.62. The summed E-state index contributed by atoms with van der Waals surface area (Å²) in [5, 5.41) is 11.6. The smallest absolute Gasteiger partial charge is 0.308 e. The molecule has 0 fully saturated rings. The van der Waals surface area contributed by atoms with Gasteiger partial charge < -0.3 is 20.1 Å². The van der Waals surface area contributed by atoms with Crippen molar-refractivity contribution in [2.24, 2.45) is 5.92 Å². The zero-order chi connectivity index (χ0) is 15.8. The van der Waals surface area contributed by atoms with E-state index in [-0.39, 0.29) is 5.91 Å². The highest BCUT2D eigenvalue weighted by atomic mass is 16.5. The van der Waals surface area contributed by atoms with Crippen LogP contribution in [0.1, 0.15) is 17.3 Å². The molecule has 1 unspecified atom stereocenters. The van der Waals surface area contributed by atoms with Gasteiger partial charge in [-0.1, -0.05) is 6.92 Å². The summed E-state index contributed by atoms with van der Waals surface area (Å²) in [4.78, 5) is 28.5. The molecule has 0 radical (unpaired) electrons. The quantitative estimate of drug-likeness (QED) is 0.683. The van der Waals surface area contributed by atoms with Crippen LogP contribution in [0.2, 0.25) is 0 Å². The summed E-state index contributed by atoms with van der Waals surface area (Å²) in [5.74, 6) is -0.936. The molecule has 1 aromatic heterocycles. The van der Waals surface area contributed by atoms with Crippen molar-refractivity contribution in [3.05, 3.63) is 23.9 Å². The summed E-state index contributed by atoms with van der Waals surface area (Å²) in [5.41, 5.74) is 0.453. The first-order chi connectivity index (χ1) is 9.95. The number of carbonyl (C=O) groups excluding carboxylic acids is 1. The highest BCUT2D eigenvalue weighted by Gasteiger charge is 2.15. The summed E-state index contributed by atoms with van der Waals surface area (Å²) in [7, 11) is 3.33. The number of hydrogen-bond donors (Lipinski definition) is 2. The van der Waals surface area contributed by atoms with E-state index >= 15 is 0 Å². The number of carbonyl (C=O) groups is 2. The fourth-order valence-electron chi connectivity index (χ4n) is 1.70. The predicted octanol–water partition coefficient (Wildman–Crippen LogP) is 0.615. The van der Waals surface area contributed by atoms with E-state index in [0.29, 0.717) is 31.1 Å². The maximum atomic E-state index is 11.8. The molecule has 0 saturated carbocycles. The van der Waals surface area contributed by atoms with E-state index in [1.165, 1.54) is 6.20 Å². The van der Waals surface area contributed by atoms with Crippen LogP contribution in [0.3, 0.4) is 0 Å². The van der Waals surface area contributed by atoms with Crippen LogP contribution < -0.4 is 10.2 Å². The second kappa shape index (κ2) is 8.21. The van der Waals surface area contributed by atoms with Crippen molar-refractivity contribution in [2.45, 2.75) is 6.92 Å². The van der Waals surface area contributed by atoms with E-state index in [9.17, 15) is 9.59 Å². The van der Waals surface area contributed by atoms with Gasteiger partial charge >= 0.3 is 5.97 Å². The number of nitrogens with zero attached hydrogens (tertiary/aromatic N) is 2. The minimum Gasteiger partial charge on any atom is -0.481 e. The topological polar surface area (TPSA) is 91.8 Å². The number of aromatic nitrogens is 1. The Bertz CT molecular complexity index is 476. The van der Waals surface area contributed by atoms with Crippen molar-refractivity contribution in [2.75, 3.05) is 38.8 Å². The van der Waals surface area contributed by atoms with E-state index in [0.717, 1.165) is 0 Å². The third-order valence-electron chi connectivity index (χ3n) is 2.96. The Labute approximate surface area is 123 Å². The van der Waals surface area contributed by atoms with E-state index in [1.807, 2.05) is 0 Å². The number of rotatable bonds is 8. The summed E-state index contributed by atoms with van der Waals surface area (Å²) >= 11 is 0. The number of aliphatic carboxylic acids is 1. The molecule has 2 N–H and O–H groups in total. The zero-order valence-electron chi connectivity index (χ0n) is 12.5. The fourth-order valence-corrected chi connectivity index (χ4v) is 1.70. The minimum absolute atomic E-state index is 0.215. The number of hydrogen-bond acceptors (Lipinski definition) is 5. The number of nitrogens with one attached hydrogen (secondary N) is 1. The molecule has 0 aliphatic carbocycles. The lowest BCUT2D eigenvalue weighted by Crippen LogP contribution is -2.29. The van der Waals surface area contributed by atoms with Gasteiger partial charge in [0, 0.05) is 33.4 Å². The van der Waals surface area contributed by atoms with Gasteiger partial charge in [-0.2, -0.15) is 0 Å². The molecule has 0 aliphatic rings. The standard InChI is InChI=1S/C14H21N3O4/c1-10(14(19)20)9-17(2)12-5-4-11(8-16-12)13(18)15-6-7-21-3/h4-5,8,10H,6-7,9H2,1-3H3,(H,15,18)(H,19,20). The summed E-state index contributed by atoms with van der Waals surface area (Å²) in [6.45, 7) is 2.87. The first kappa shape index (κ1) is 16.9. The van der Waals surface area contributed by atoms with Gasteiger partial charge in [0.1, 0.15) is 5.82 Å². The molecule has 1 aromatic rings. The number of carboxylic acids is 1. The molecule has 1 rings (SSSR count). The van der Waals surface area contributed by atoms with Gasteiger partial charge in [0.25, 0.3) is 5.91 Å². The monoisotopic (exact) mass is 295 g/mol. The Balaban J connectivity index is 2.60. The molecule has 1 atom stereocenters. The molecule has 0 bridgehead atoms. The van der Waals surface area contributed by atoms with Crippen LogP contribution in [0.15, 0.2) is 18.3 Å². The van der Waals surface area contributed by atoms with E-state index < -0.39 is 11.9 Å². The summed E-state index contributed by atoms with van der Waals surface area (Å²) in [6, 6.07) is 3.35. The average molecular weight is 295 g/mol. The average Bonchev–Trinajstić information content (AvgIpc) is 2.47. The molecular weight excluding hydrogens is 274 g/mol. The number of amides is 1. The molecule has 0 saturated heterocycles. The molecule has 7 heteroatoms. The lowest BCUT2D eigenvalue weighted by atomic mass is 10.2. The maximum Gasteiger partial charge on any atom is 0.308 e. The molecule has 116 valence electrons. The Morgan fingerprint density at radius 3 is 2.71 bits per heavy atom. The lowest BCUT2D eigenvalue weighted by Gasteiger charge is -2.20. The first-order valence-electron chi connectivity index (χ1n) is 6.62. The Kier molecular flexibility index (Phi) is 6.61. The molecule has 7 nitrogen and oxygen atoms in total. The van der Waals surface area contributed by atoms with Crippen molar-refractivity contribution >= 4 is 17.7 Å². The van der Waals surface area contributed by atoms with Gasteiger partial charge in [-0.15, -0.1) is 0 Å². The Morgan fingerprint density at radius 1 is 1.48 bits per heavy atom. The van der Waals surface area contributed by atoms with Crippen LogP contribution in [-0.4, -0.2) is 55.8 Å². The second-order valence-corrected chi connectivity index (χ2v) is 4.77. The highest BCUT2D eigenvalue weighted by Crippen LogP contribution is 2.11. The van der Waals surface area contributed by atoms with Gasteiger partial charge in [0.05, 0.1) is 18.1 Å². The zero-order valence-corrected chi connectivity index (χ0v) is 12.5. The van der Waals surface area contributed by atoms with Gasteiger partial charge in [-0.3, -0.25) is 9.59 Å². The van der Waals surface area contributed by atoms with E-state index in [2.05, 4.69) is 10.3 Å². The molecule has 1 heterocycles. The van der Waals surface area contributed by atoms with Crippen LogP contribution in [0.5, 0.6) is 0 Å². The molecule has 0 spiro atoms. The van der Waals surface area contributed by atoms with Crippen LogP contribution in [0.25, 0.3) is 0 Å². The SMILES string of the molecule is COCCNC(=O)c1ccc(N(C)CC(C)C(=O)O)nc1. The third kappa shape index (κ3) is 5.39. The van der Waals surface area contributed by atoms with Crippen molar-refractivity contribution in [3.63, 3.8) is 0 Å². The van der Waals surface area contributed by atoms with Crippen molar-refractivity contribution in [1.82, 2.24) is 10.3 Å². The largest absolute Gasteiger partial charge is 0.481 e. The maximum absolute atomic E-state index is 11.8. The third-order valence-corrected chi connectivity index (χ3v) is 2.96. The number of carboxylic acid groups (broad SMARTS) is 1. The van der Waals surface area contributed by atoms with E-state index in [1.54, 1.807) is 38.1 Å². The highest BCUT2D eigenvalue weighted by molar-refractivity contribution is 5.94. The minimum atomic E-state index is -0.851. The Morgan fingerprint density at radius 2 is 2.19 bits per heavy atom. The lowest BCUT2D eigenvalue weighted by molar-refractivity contribution is -0.140. The molecule has 1 amide bonds. The van der Waals surface area contributed by atoms with Crippen LogP contribution in [-0.2, 0) is 9.53 Å². The van der Waals surface area contributed by atoms with Gasteiger partial charge in [0.2, 0.25) is 0 Å². The van der Waals surface area contributed by atoms with Crippen molar-refractivity contribution in [3.8, 4) is 0 Å². The van der Waals surface area contributed by atoms with Gasteiger partial charge in [0.15, 0.2) is 0 Å². The van der Waals surface area contributed by atoms with Crippen LogP contribution >= 0.6 is 0 Å². The number of ether oxygens (including phenoxy) is 1. The number of anilines is 1. The predicted molar refractivity (Wildman–Crippen MR) is 78.5 cm³/mol. The molecule has 0 aromatic carbocycles. The van der Waals surface area contributed by atoms with Gasteiger partial charge in [-0.05, 0) is 12.1 Å². The Hall–Kier alpha value is -2.15. The van der Waals surface area contributed by atoms with Gasteiger partial charge in [-0.25, -0.2) is 4.98 Å². The van der Waals surface area contributed by atoms with Crippen molar-refractivity contribution < 1.29 is 19.4 Å². The normalized spacial score (nSPS) is 11.8. The fraction of sp³-hybridized carbons (Fsp3) is 0.500. The molecule has 21 heavy (non-hydrogen) atoms. The molecule has 0 aliphatic heterocycles. The van der Waals surface area contributed by atoms with Crippen LogP contribution in [0, 0.1) is 5.92 Å². The summed E-state index contributed by atoms with van der Waals surface area (Å²) in [6.07, 6.45) is 1.47. The van der Waals surface area contributed by atoms with E-state index in [4.69, 9.17) is 9.84 Å². The number of pyridine rings is 1. The van der Waals surface area contributed by atoms with Crippen molar-refractivity contribution in [1.29, 1.82) is 0 Å². The summed E-state index contributed by atoms with van der Waals surface area (Å²) < 4.78 is 4.85. The van der Waals surface area contributed by atoms with Crippen LogP contribution in [0.4, 0.5) is 5.82 Å². The number of methoxy groups -OCH3 is 1. The second-order valence-electron chi connectivity index (χ2n) is 4.77. The molecular formula is C14H21N3O4.